The molecule has 0 aliphatic carbocycles. The molecule has 2 unspecified atom stereocenters. The van der Waals surface area contributed by atoms with Crippen LogP contribution in [-0.4, -0.2) is 38.9 Å². The van der Waals surface area contributed by atoms with Gasteiger partial charge in [-0.25, -0.2) is 15.0 Å². The smallest absolute Gasteiger partial charge is 0.256 e. The van der Waals surface area contributed by atoms with Crippen LogP contribution in [0.25, 0.3) is 22.0 Å². The summed E-state index contributed by atoms with van der Waals surface area (Å²) in [5.41, 5.74) is 5.77. The zero-order valence-corrected chi connectivity index (χ0v) is 18.9. The molecule has 0 saturated carbocycles. The number of nitrogens with zero attached hydrogens (tertiary/aromatic N) is 3. The van der Waals surface area contributed by atoms with Crippen molar-refractivity contribution in [3.8, 4) is 0 Å². The number of carbonyl (C=O) groups is 1. The van der Waals surface area contributed by atoms with Crippen molar-refractivity contribution in [1.82, 2.24) is 25.6 Å². The predicted octanol–water partition coefficient (Wildman–Crippen LogP) is 3.66. The van der Waals surface area contributed by atoms with E-state index in [0.29, 0.717) is 23.3 Å². The van der Waals surface area contributed by atoms with E-state index in [-0.39, 0.29) is 11.9 Å². The Labute approximate surface area is 189 Å². The van der Waals surface area contributed by atoms with Crippen molar-refractivity contribution >= 4 is 45.6 Å². The number of rotatable bonds is 5. The summed E-state index contributed by atoms with van der Waals surface area (Å²) in [5.74, 6) is 1.09. The van der Waals surface area contributed by atoms with E-state index in [4.69, 9.17) is 4.42 Å². The molecule has 4 aromatic rings. The molecule has 2 aromatic carbocycles. The van der Waals surface area contributed by atoms with Gasteiger partial charge in [0.25, 0.3) is 5.22 Å². The van der Waals surface area contributed by atoms with Gasteiger partial charge in [-0.05, 0) is 56.2 Å². The van der Waals surface area contributed by atoms with Crippen LogP contribution in [0.2, 0.25) is 0 Å². The lowest BCUT2D eigenvalue weighted by Crippen LogP contribution is -2.60. The number of hydrogen-bond donors (Lipinski definition) is 3. The van der Waals surface area contributed by atoms with E-state index < -0.39 is 6.29 Å². The Balaban J connectivity index is 1.28. The molecule has 5 rings (SSSR count). The maximum absolute atomic E-state index is 12.3. The molecule has 1 aliphatic rings. The predicted molar refractivity (Wildman–Crippen MR) is 126 cm³/mol. The van der Waals surface area contributed by atoms with Crippen molar-refractivity contribution in [1.29, 1.82) is 0 Å². The number of aryl methyl sites for hydroxylation is 3. The fourth-order valence-corrected chi connectivity index (χ4v) is 4.65. The zero-order valence-electron chi connectivity index (χ0n) is 18.1. The molecule has 0 bridgehead atoms. The highest BCUT2D eigenvalue weighted by atomic mass is 32.2. The minimum atomic E-state index is -0.464. The lowest BCUT2D eigenvalue weighted by atomic mass is 10.1. The third-order valence-corrected chi connectivity index (χ3v) is 6.59. The summed E-state index contributed by atoms with van der Waals surface area (Å²) >= 11 is 1.49. The first-order valence-electron chi connectivity index (χ1n) is 10.5. The molecule has 1 fully saturated rings. The number of hydrogen-bond acceptors (Lipinski definition) is 8. The molecule has 1 saturated heterocycles. The lowest BCUT2D eigenvalue weighted by Gasteiger charge is -2.31. The molecule has 0 radical (unpaired) electrons. The van der Waals surface area contributed by atoms with Gasteiger partial charge in [-0.3, -0.25) is 10.1 Å². The topological polar surface area (TPSA) is 105 Å². The molecule has 3 heterocycles. The molecule has 2 aromatic heterocycles. The molecular formula is C23H24N6O2S. The van der Waals surface area contributed by atoms with Crippen LogP contribution in [0.15, 0.2) is 46.0 Å². The first-order chi connectivity index (χ1) is 15.4. The summed E-state index contributed by atoms with van der Waals surface area (Å²) in [7, 11) is 0. The summed E-state index contributed by atoms with van der Waals surface area (Å²) in [5, 5.41) is 11.2. The van der Waals surface area contributed by atoms with Crippen molar-refractivity contribution in [2.75, 3.05) is 11.1 Å². The Morgan fingerprint density at radius 3 is 2.75 bits per heavy atom. The number of thioether (sulfide) groups is 1. The van der Waals surface area contributed by atoms with Crippen molar-refractivity contribution in [3.05, 3.63) is 53.2 Å². The SMILES string of the molecule is Cc1cc2nc(NC3NC(=O)CC(CSc4nc5ccccc5o4)N3)nc(C)c2cc1C. The van der Waals surface area contributed by atoms with Gasteiger partial charge in [-0.2, -0.15) is 0 Å². The molecule has 0 spiro atoms. The zero-order chi connectivity index (χ0) is 22.2. The van der Waals surface area contributed by atoms with Gasteiger partial charge in [-0.15, -0.1) is 0 Å². The molecule has 9 heteroatoms. The maximum Gasteiger partial charge on any atom is 0.256 e. The Kier molecular flexibility index (Phi) is 5.44. The summed E-state index contributed by atoms with van der Waals surface area (Å²) < 4.78 is 5.77. The van der Waals surface area contributed by atoms with E-state index in [0.717, 1.165) is 27.7 Å². The van der Waals surface area contributed by atoms with E-state index in [1.54, 1.807) is 0 Å². The summed E-state index contributed by atoms with van der Waals surface area (Å²) in [6.07, 6.45) is -0.0875. The van der Waals surface area contributed by atoms with E-state index in [2.05, 4.69) is 56.9 Å². The minimum absolute atomic E-state index is 0.0339. The molecule has 3 N–H and O–H groups in total. The summed E-state index contributed by atoms with van der Waals surface area (Å²) in [6.45, 7) is 6.12. The van der Waals surface area contributed by atoms with E-state index >= 15 is 0 Å². The highest BCUT2D eigenvalue weighted by Crippen LogP contribution is 2.25. The Bertz CT molecular complexity index is 1290. The van der Waals surface area contributed by atoms with Crippen LogP contribution in [-0.2, 0) is 4.79 Å². The molecule has 8 nitrogen and oxygen atoms in total. The monoisotopic (exact) mass is 448 g/mol. The molecule has 1 aliphatic heterocycles. The fourth-order valence-electron chi connectivity index (χ4n) is 3.78. The third-order valence-electron chi connectivity index (χ3n) is 5.60. The Morgan fingerprint density at radius 1 is 1.09 bits per heavy atom. The molecular weight excluding hydrogens is 424 g/mol. The molecule has 32 heavy (non-hydrogen) atoms. The van der Waals surface area contributed by atoms with Crippen LogP contribution in [0.5, 0.6) is 0 Å². The van der Waals surface area contributed by atoms with Gasteiger partial charge in [0.1, 0.15) is 5.52 Å². The third kappa shape index (κ3) is 4.26. The normalized spacial score (nSPS) is 18.8. The quantitative estimate of drug-likeness (QED) is 0.397. The number of nitrogens with one attached hydrogen (secondary N) is 3. The van der Waals surface area contributed by atoms with Crippen LogP contribution >= 0.6 is 11.8 Å². The van der Waals surface area contributed by atoms with Gasteiger partial charge in [0.15, 0.2) is 11.9 Å². The molecule has 1 amide bonds. The van der Waals surface area contributed by atoms with Crippen molar-refractivity contribution in [2.45, 2.75) is 44.7 Å². The standard InChI is InChI=1S/C23H24N6O2S/c1-12-8-16-14(3)24-21(26-18(16)9-13(12)2)29-22-25-15(10-20(30)28-22)11-32-23-27-17-6-4-5-7-19(17)31-23/h4-9,15,22,25H,10-11H2,1-3H3,(H,28,30)(H,24,26,29). The van der Waals surface area contributed by atoms with Gasteiger partial charge < -0.3 is 15.1 Å². The highest BCUT2D eigenvalue weighted by Gasteiger charge is 2.27. The molecule has 2 atom stereocenters. The number of aromatic nitrogens is 3. The van der Waals surface area contributed by atoms with E-state index in [1.807, 2.05) is 31.2 Å². The van der Waals surface area contributed by atoms with Crippen LogP contribution < -0.4 is 16.0 Å². The van der Waals surface area contributed by atoms with Gasteiger partial charge >= 0.3 is 0 Å². The number of oxazole rings is 1. The van der Waals surface area contributed by atoms with E-state index in [9.17, 15) is 4.79 Å². The van der Waals surface area contributed by atoms with Crippen molar-refractivity contribution < 1.29 is 9.21 Å². The Hall–Kier alpha value is -3.17. The number of fused-ring (bicyclic) bond motifs is 2. The number of amides is 1. The van der Waals surface area contributed by atoms with Gasteiger partial charge in [0.2, 0.25) is 11.9 Å². The second kappa shape index (κ2) is 8.40. The van der Waals surface area contributed by atoms with Gasteiger partial charge in [-0.1, -0.05) is 23.9 Å². The first-order valence-corrected chi connectivity index (χ1v) is 11.5. The largest absolute Gasteiger partial charge is 0.431 e. The number of anilines is 1. The van der Waals surface area contributed by atoms with Crippen LogP contribution in [0.3, 0.4) is 0 Å². The number of benzene rings is 2. The van der Waals surface area contributed by atoms with Crippen molar-refractivity contribution in [3.63, 3.8) is 0 Å². The van der Waals surface area contributed by atoms with Crippen molar-refractivity contribution in [2.24, 2.45) is 0 Å². The van der Waals surface area contributed by atoms with Crippen LogP contribution in [0, 0.1) is 20.8 Å². The van der Waals surface area contributed by atoms with E-state index in [1.165, 1.54) is 22.9 Å². The minimum Gasteiger partial charge on any atom is -0.431 e. The van der Waals surface area contributed by atoms with Crippen LogP contribution in [0.1, 0.15) is 23.2 Å². The maximum atomic E-state index is 12.3. The van der Waals surface area contributed by atoms with Crippen LogP contribution in [0.4, 0.5) is 5.95 Å². The van der Waals surface area contributed by atoms with Gasteiger partial charge in [0.05, 0.1) is 11.2 Å². The number of carbonyl (C=O) groups excluding carboxylic acids is 1. The summed E-state index contributed by atoms with van der Waals surface area (Å²) in [4.78, 5) is 26.0. The average molecular weight is 449 g/mol. The lowest BCUT2D eigenvalue weighted by molar-refractivity contribution is -0.123. The molecule has 164 valence electrons. The highest BCUT2D eigenvalue weighted by molar-refractivity contribution is 7.99. The fraction of sp³-hybridized carbons (Fsp3) is 0.304. The second-order valence-electron chi connectivity index (χ2n) is 8.06. The summed E-state index contributed by atoms with van der Waals surface area (Å²) in [6, 6.07) is 11.8. The second-order valence-corrected chi connectivity index (χ2v) is 9.03. The Morgan fingerprint density at radius 2 is 1.91 bits per heavy atom. The first kappa shape index (κ1) is 20.7. The van der Waals surface area contributed by atoms with Gasteiger partial charge in [0, 0.05) is 23.6 Å². The number of para-hydroxylation sites is 2. The average Bonchev–Trinajstić information content (AvgIpc) is 3.16.